The number of nitrogens with zero attached hydrogens (tertiary/aromatic N) is 3. The van der Waals surface area contributed by atoms with Crippen molar-refractivity contribution in [3.8, 4) is 0 Å². The Morgan fingerprint density at radius 3 is 2.61 bits per heavy atom. The number of aliphatic hydroxyl groups is 1. The van der Waals surface area contributed by atoms with Crippen LogP contribution in [-0.4, -0.2) is 57.4 Å². The largest absolute Gasteiger partial charge is 0.456 e. The molecule has 3 unspecified atom stereocenters. The van der Waals surface area contributed by atoms with Crippen molar-refractivity contribution in [2.24, 2.45) is 5.92 Å². The van der Waals surface area contributed by atoms with Crippen LogP contribution >= 0.6 is 0 Å². The maximum atomic E-state index is 12.4. The highest BCUT2D eigenvalue weighted by Crippen LogP contribution is 2.44. The lowest BCUT2D eigenvalue weighted by atomic mass is 9.79. The number of esters is 1. The van der Waals surface area contributed by atoms with Crippen LogP contribution in [0.5, 0.6) is 0 Å². The van der Waals surface area contributed by atoms with Crippen LogP contribution in [0.4, 0.5) is 16.2 Å². The third-order valence-electron chi connectivity index (χ3n) is 6.24. The summed E-state index contributed by atoms with van der Waals surface area (Å²) in [6.07, 6.45) is 0.896. The van der Waals surface area contributed by atoms with Crippen LogP contribution in [0, 0.1) is 16.0 Å². The molecule has 1 aliphatic heterocycles. The van der Waals surface area contributed by atoms with Gasteiger partial charge < -0.3 is 24.8 Å². The lowest BCUT2D eigenvalue weighted by Gasteiger charge is -2.48. The van der Waals surface area contributed by atoms with Crippen molar-refractivity contribution in [2.75, 3.05) is 18.0 Å². The number of rotatable bonds is 4. The molecule has 0 bridgehead atoms. The van der Waals surface area contributed by atoms with Gasteiger partial charge in [0.2, 0.25) is 0 Å². The van der Waals surface area contributed by atoms with Crippen molar-refractivity contribution in [1.82, 2.24) is 10.3 Å². The third kappa shape index (κ3) is 5.18. The number of alkyl carbamates (subject to hydrolysis) is 1. The summed E-state index contributed by atoms with van der Waals surface area (Å²) in [6, 6.07) is -0.745. The first kappa shape index (κ1) is 24.7. The van der Waals surface area contributed by atoms with Crippen LogP contribution < -0.4 is 10.2 Å². The number of carbonyl (C=O) groups is 2. The number of anilines is 1. The fourth-order valence-corrected chi connectivity index (χ4v) is 4.45. The first-order valence-corrected chi connectivity index (χ1v) is 11.0. The molecule has 0 aromatic carbocycles. The Kier molecular flexibility index (Phi) is 6.56. The van der Waals surface area contributed by atoms with Crippen molar-refractivity contribution < 1.29 is 29.1 Å². The SMILES string of the molecule is CC(=O)OC1CCc2c1ncc([N+](=O)[O-])c2N1CC(NC(=O)OC(C)(C)C)C(C)(O)[C@@H](C)C1. The highest BCUT2D eigenvalue weighted by molar-refractivity contribution is 5.72. The molecule has 3 rings (SSSR count). The molecule has 0 radical (unpaired) electrons. The molecular formula is C22H32N4O7. The van der Waals surface area contributed by atoms with E-state index in [2.05, 4.69) is 10.3 Å². The molecule has 11 heteroatoms. The molecule has 33 heavy (non-hydrogen) atoms. The van der Waals surface area contributed by atoms with E-state index >= 15 is 0 Å². The van der Waals surface area contributed by atoms with E-state index in [9.17, 15) is 24.8 Å². The molecule has 2 N–H and O–H groups in total. The number of nitro groups is 1. The minimum Gasteiger partial charge on any atom is -0.456 e. The number of hydrogen-bond acceptors (Lipinski definition) is 9. The monoisotopic (exact) mass is 464 g/mol. The number of amides is 1. The molecule has 1 aromatic rings. The number of aromatic nitrogens is 1. The van der Waals surface area contributed by atoms with E-state index in [1.807, 2.05) is 6.92 Å². The van der Waals surface area contributed by atoms with Crippen LogP contribution in [0.3, 0.4) is 0 Å². The molecule has 182 valence electrons. The predicted octanol–water partition coefficient (Wildman–Crippen LogP) is 2.64. The van der Waals surface area contributed by atoms with Crippen LogP contribution in [0.15, 0.2) is 6.20 Å². The fraction of sp³-hybridized carbons (Fsp3) is 0.682. The number of nitrogens with one attached hydrogen (secondary N) is 1. The van der Waals surface area contributed by atoms with Gasteiger partial charge in [0.25, 0.3) is 0 Å². The van der Waals surface area contributed by atoms with Gasteiger partial charge >= 0.3 is 17.7 Å². The maximum absolute atomic E-state index is 12.4. The average Bonchev–Trinajstić information content (AvgIpc) is 3.05. The van der Waals surface area contributed by atoms with Crippen LogP contribution in [0.2, 0.25) is 0 Å². The summed E-state index contributed by atoms with van der Waals surface area (Å²) < 4.78 is 10.7. The van der Waals surface area contributed by atoms with Crippen molar-refractivity contribution >= 4 is 23.4 Å². The lowest BCUT2D eigenvalue weighted by molar-refractivity contribution is -0.384. The smallest absolute Gasteiger partial charge is 0.408 e. The second-order valence-electron chi connectivity index (χ2n) is 9.98. The zero-order valence-corrected chi connectivity index (χ0v) is 19.9. The summed E-state index contributed by atoms with van der Waals surface area (Å²) in [7, 11) is 0. The van der Waals surface area contributed by atoms with E-state index in [0.29, 0.717) is 36.3 Å². The van der Waals surface area contributed by atoms with E-state index in [-0.39, 0.29) is 18.2 Å². The van der Waals surface area contributed by atoms with E-state index in [4.69, 9.17) is 9.47 Å². The van der Waals surface area contributed by atoms with Crippen LogP contribution in [-0.2, 0) is 20.7 Å². The minimum atomic E-state index is -1.27. The fourth-order valence-electron chi connectivity index (χ4n) is 4.45. The molecule has 1 aromatic heterocycles. The Bertz CT molecular complexity index is 957. The van der Waals surface area contributed by atoms with E-state index in [0.717, 1.165) is 0 Å². The molecule has 1 saturated heterocycles. The Balaban J connectivity index is 1.98. The highest BCUT2D eigenvalue weighted by atomic mass is 16.6. The summed E-state index contributed by atoms with van der Waals surface area (Å²) in [5, 5.41) is 25.7. The summed E-state index contributed by atoms with van der Waals surface area (Å²) in [5.74, 6) is -0.779. The minimum absolute atomic E-state index is 0.131. The maximum Gasteiger partial charge on any atom is 0.408 e. The first-order valence-electron chi connectivity index (χ1n) is 11.0. The number of carbonyl (C=O) groups excluding carboxylic acids is 2. The molecule has 0 saturated carbocycles. The van der Waals surface area contributed by atoms with Gasteiger partial charge in [-0.15, -0.1) is 0 Å². The van der Waals surface area contributed by atoms with Gasteiger partial charge in [-0.05, 0) is 40.5 Å². The normalized spacial score (nSPS) is 27.0. The second kappa shape index (κ2) is 8.77. The Hall–Kier alpha value is -2.95. The topological polar surface area (TPSA) is 144 Å². The molecule has 1 amide bonds. The van der Waals surface area contributed by atoms with Gasteiger partial charge in [-0.1, -0.05) is 6.92 Å². The van der Waals surface area contributed by atoms with Gasteiger partial charge in [0.05, 0.1) is 22.3 Å². The summed E-state index contributed by atoms with van der Waals surface area (Å²) in [4.78, 5) is 41.3. The second-order valence-corrected chi connectivity index (χ2v) is 9.98. The number of pyridine rings is 1. The van der Waals surface area contributed by atoms with E-state index in [1.165, 1.54) is 13.1 Å². The molecule has 4 atom stereocenters. The zero-order chi connectivity index (χ0) is 24.7. The van der Waals surface area contributed by atoms with Crippen molar-refractivity contribution in [2.45, 2.75) is 77.7 Å². The molecule has 2 aliphatic rings. The van der Waals surface area contributed by atoms with Gasteiger partial charge in [0.1, 0.15) is 23.6 Å². The van der Waals surface area contributed by atoms with Crippen LogP contribution in [0.1, 0.15) is 65.3 Å². The summed E-state index contributed by atoms with van der Waals surface area (Å²) in [6.45, 7) is 10.5. The molecule has 1 fully saturated rings. The Morgan fingerprint density at radius 1 is 1.36 bits per heavy atom. The first-order chi connectivity index (χ1) is 15.2. The number of fused-ring (bicyclic) bond motifs is 1. The van der Waals surface area contributed by atoms with Gasteiger partial charge in [0, 0.05) is 31.5 Å². The van der Waals surface area contributed by atoms with Gasteiger partial charge in [-0.25, -0.2) is 9.78 Å². The average molecular weight is 465 g/mol. The number of piperidine rings is 1. The quantitative estimate of drug-likeness (QED) is 0.390. The molecule has 2 heterocycles. The molecular weight excluding hydrogens is 432 g/mol. The van der Waals surface area contributed by atoms with Crippen molar-refractivity contribution in [1.29, 1.82) is 0 Å². The predicted molar refractivity (Wildman–Crippen MR) is 119 cm³/mol. The number of ether oxygens (including phenoxy) is 2. The van der Waals surface area contributed by atoms with Crippen molar-refractivity contribution in [3.63, 3.8) is 0 Å². The van der Waals surface area contributed by atoms with Gasteiger partial charge in [-0.2, -0.15) is 0 Å². The van der Waals surface area contributed by atoms with E-state index < -0.39 is 40.3 Å². The molecule has 0 spiro atoms. The lowest BCUT2D eigenvalue weighted by Crippen LogP contribution is -2.65. The van der Waals surface area contributed by atoms with Crippen LogP contribution in [0.25, 0.3) is 0 Å². The standard InChI is InChI=1S/C22H32N4O7/c1-12-10-25(11-17(22(12,6)29)24-20(28)33-21(3,4)5)19-14-7-8-16(32-13(2)27)18(14)23-9-15(19)26(30)31/h9,12,16-17,29H,7-8,10-11H2,1-6H3,(H,24,28)/t12-,16?,17?,22?/m0/s1. The Labute approximate surface area is 192 Å². The number of hydrogen-bond donors (Lipinski definition) is 2. The van der Waals surface area contributed by atoms with Crippen molar-refractivity contribution in [3.05, 3.63) is 27.6 Å². The molecule has 1 aliphatic carbocycles. The van der Waals surface area contributed by atoms with Gasteiger partial charge in [0.15, 0.2) is 0 Å². The molecule has 11 nitrogen and oxygen atoms in total. The zero-order valence-electron chi connectivity index (χ0n) is 19.9. The summed E-state index contributed by atoms with van der Waals surface area (Å²) >= 11 is 0. The highest BCUT2D eigenvalue weighted by Gasteiger charge is 2.46. The Morgan fingerprint density at radius 2 is 2.03 bits per heavy atom. The summed E-state index contributed by atoms with van der Waals surface area (Å²) in [5.41, 5.74) is -0.599. The van der Waals surface area contributed by atoms with Gasteiger partial charge in [-0.3, -0.25) is 14.9 Å². The van der Waals surface area contributed by atoms with E-state index in [1.54, 1.807) is 32.6 Å². The third-order valence-corrected chi connectivity index (χ3v) is 6.24.